The molecule has 0 amide bonds. The first kappa shape index (κ1) is 21.1. The lowest BCUT2D eigenvalue weighted by Gasteiger charge is -2.25. The normalized spacial score (nSPS) is 15.6. The highest BCUT2D eigenvalue weighted by Gasteiger charge is 2.27. The summed E-state index contributed by atoms with van der Waals surface area (Å²) in [5, 5.41) is 17.4. The second-order valence-corrected chi connectivity index (χ2v) is 7.17. The highest BCUT2D eigenvalue weighted by Crippen LogP contribution is 2.27. The van der Waals surface area contributed by atoms with E-state index >= 15 is 0 Å². The van der Waals surface area contributed by atoms with Crippen molar-refractivity contribution in [1.29, 1.82) is 0 Å². The molecule has 2 aromatic heterocycles. The third-order valence-corrected chi connectivity index (χ3v) is 4.47. The second-order valence-electron chi connectivity index (χ2n) is 7.17. The molecule has 0 saturated carbocycles. The molecule has 2 rings (SSSR count). The lowest BCUT2D eigenvalue weighted by Crippen LogP contribution is -2.42. The standard InChI is InChI=1S/C20H32N4O3/c1-7-21-19(22-12-17(24(5)6)18-9-8-10-26-18)23-13-20(4,25)16-11-14(2)27-15(16)3/h8-11,17,25H,7,12-13H2,1-6H3,(H2,21,22,23). The Kier molecular flexibility index (Phi) is 7.10. The van der Waals surface area contributed by atoms with Gasteiger partial charge in [-0.3, -0.25) is 4.90 Å². The fraction of sp³-hybridized carbons (Fsp3) is 0.550. The average Bonchev–Trinajstić information content (AvgIpc) is 3.22. The molecular formula is C20H32N4O3. The summed E-state index contributed by atoms with van der Waals surface area (Å²) < 4.78 is 11.1. The van der Waals surface area contributed by atoms with Gasteiger partial charge in [-0.2, -0.15) is 0 Å². The summed E-state index contributed by atoms with van der Waals surface area (Å²) in [6.07, 6.45) is 1.68. The van der Waals surface area contributed by atoms with Crippen LogP contribution >= 0.6 is 0 Å². The molecule has 0 aliphatic rings. The van der Waals surface area contributed by atoms with Gasteiger partial charge in [-0.05, 0) is 60.0 Å². The minimum atomic E-state index is -1.11. The molecule has 3 N–H and O–H groups in total. The quantitative estimate of drug-likeness (QED) is 0.485. The van der Waals surface area contributed by atoms with Gasteiger partial charge in [-0.1, -0.05) is 0 Å². The minimum Gasteiger partial charge on any atom is -0.468 e. The number of nitrogens with one attached hydrogen (secondary N) is 2. The van der Waals surface area contributed by atoms with Crippen molar-refractivity contribution in [2.75, 3.05) is 33.7 Å². The van der Waals surface area contributed by atoms with E-state index in [0.717, 1.165) is 29.4 Å². The van der Waals surface area contributed by atoms with Crippen molar-refractivity contribution in [3.05, 3.63) is 47.3 Å². The number of aryl methyl sites for hydroxylation is 2. The Morgan fingerprint density at radius 2 is 2.07 bits per heavy atom. The molecule has 7 nitrogen and oxygen atoms in total. The van der Waals surface area contributed by atoms with Gasteiger partial charge in [0.15, 0.2) is 5.96 Å². The number of hydrogen-bond acceptors (Lipinski definition) is 5. The van der Waals surface area contributed by atoms with E-state index in [2.05, 4.69) is 20.5 Å². The molecule has 2 unspecified atom stereocenters. The van der Waals surface area contributed by atoms with Crippen molar-refractivity contribution in [2.45, 2.75) is 39.3 Å². The number of aliphatic imine (C=N–C) groups is 1. The lowest BCUT2D eigenvalue weighted by atomic mass is 9.96. The van der Waals surface area contributed by atoms with Gasteiger partial charge in [0, 0.05) is 18.7 Å². The molecule has 2 atom stereocenters. The summed E-state index contributed by atoms with van der Waals surface area (Å²) in [5.74, 6) is 3.04. The van der Waals surface area contributed by atoms with E-state index in [1.54, 1.807) is 13.2 Å². The summed E-state index contributed by atoms with van der Waals surface area (Å²) >= 11 is 0. The SMILES string of the molecule is CCNC(=NCC(C)(O)c1cc(C)oc1C)NCC(c1ccco1)N(C)C. The largest absolute Gasteiger partial charge is 0.468 e. The van der Waals surface area contributed by atoms with Crippen molar-refractivity contribution >= 4 is 5.96 Å². The molecule has 0 saturated heterocycles. The zero-order valence-corrected chi connectivity index (χ0v) is 17.2. The smallest absolute Gasteiger partial charge is 0.191 e. The molecule has 0 radical (unpaired) electrons. The van der Waals surface area contributed by atoms with Crippen LogP contribution in [0.2, 0.25) is 0 Å². The molecule has 150 valence electrons. The lowest BCUT2D eigenvalue weighted by molar-refractivity contribution is 0.0656. The average molecular weight is 377 g/mol. The number of likely N-dealkylation sites (N-methyl/N-ethyl adjacent to an activating group) is 1. The number of aliphatic hydroxyl groups is 1. The van der Waals surface area contributed by atoms with Crippen molar-refractivity contribution in [1.82, 2.24) is 15.5 Å². The third-order valence-electron chi connectivity index (χ3n) is 4.47. The van der Waals surface area contributed by atoms with Crippen LogP contribution in [0.4, 0.5) is 0 Å². The van der Waals surface area contributed by atoms with Crippen LogP contribution in [0.5, 0.6) is 0 Å². The minimum absolute atomic E-state index is 0.0723. The van der Waals surface area contributed by atoms with Gasteiger partial charge in [-0.15, -0.1) is 0 Å². The van der Waals surface area contributed by atoms with Crippen LogP contribution in [0.25, 0.3) is 0 Å². The molecule has 27 heavy (non-hydrogen) atoms. The molecule has 2 aromatic rings. The molecule has 0 aliphatic heterocycles. The van der Waals surface area contributed by atoms with E-state index < -0.39 is 5.60 Å². The van der Waals surface area contributed by atoms with Gasteiger partial charge in [0.25, 0.3) is 0 Å². The van der Waals surface area contributed by atoms with Gasteiger partial charge in [-0.25, -0.2) is 4.99 Å². The van der Waals surface area contributed by atoms with Gasteiger partial charge in [0.2, 0.25) is 0 Å². The Morgan fingerprint density at radius 3 is 2.59 bits per heavy atom. The first-order valence-electron chi connectivity index (χ1n) is 9.26. The van der Waals surface area contributed by atoms with Crippen LogP contribution in [0.15, 0.2) is 38.3 Å². The van der Waals surface area contributed by atoms with Gasteiger partial charge >= 0.3 is 0 Å². The Morgan fingerprint density at radius 1 is 1.33 bits per heavy atom. The summed E-state index contributed by atoms with van der Waals surface area (Å²) in [6, 6.07) is 5.79. The molecule has 2 heterocycles. The Balaban J connectivity index is 2.08. The molecule has 0 fully saturated rings. The first-order valence-corrected chi connectivity index (χ1v) is 9.26. The van der Waals surface area contributed by atoms with E-state index in [1.165, 1.54) is 0 Å². The number of rotatable bonds is 8. The summed E-state index contributed by atoms with van der Waals surface area (Å²) in [4.78, 5) is 6.66. The molecule has 0 spiro atoms. The van der Waals surface area contributed by atoms with Crippen molar-refractivity contribution in [3.8, 4) is 0 Å². The highest BCUT2D eigenvalue weighted by molar-refractivity contribution is 5.79. The van der Waals surface area contributed by atoms with Crippen molar-refractivity contribution < 1.29 is 13.9 Å². The van der Waals surface area contributed by atoms with Gasteiger partial charge < -0.3 is 24.6 Å². The molecule has 0 aromatic carbocycles. The maximum Gasteiger partial charge on any atom is 0.191 e. The fourth-order valence-electron chi connectivity index (χ4n) is 3.04. The Hall–Kier alpha value is -2.25. The fourth-order valence-corrected chi connectivity index (χ4v) is 3.04. The van der Waals surface area contributed by atoms with E-state index in [0.29, 0.717) is 12.5 Å². The van der Waals surface area contributed by atoms with E-state index in [-0.39, 0.29) is 12.6 Å². The monoisotopic (exact) mass is 376 g/mol. The maximum absolute atomic E-state index is 10.9. The molecule has 0 aliphatic carbocycles. The zero-order valence-electron chi connectivity index (χ0n) is 17.2. The van der Waals surface area contributed by atoms with Crippen LogP contribution in [0, 0.1) is 13.8 Å². The summed E-state index contributed by atoms with van der Waals surface area (Å²) in [6.45, 7) is 9.06. The number of nitrogens with zero attached hydrogens (tertiary/aromatic N) is 2. The summed E-state index contributed by atoms with van der Waals surface area (Å²) in [5.41, 5.74) is -0.340. The van der Waals surface area contributed by atoms with Crippen molar-refractivity contribution in [3.63, 3.8) is 0 Å². The third kappa shape index (κ3) is 5.61. The predicted molar refractivity (Wildman–Crippen MR) is 107 cm³/mol. The van der Waals surface area contributed by atoms with Crippen molar-refractivity contribution in [2.24, 2.45) is 4.99 Å². The van der Waals surface area contributed by atoms with E-state index in [1.807, 2.05) is 53.1 Å². The topological polar surface area (TPSA) is 86.2 Å². The predicted octanol–water partition coefficient (Wildman–Crippen LogP) is 2.55. The van der Waals surface area contributed by atoms with Crippen LogP contribution in [-0.4, -0.2) is 49.7 Å². The summed E-state index contributed by atoms with van der Waals surface area (Å²) in [7, 11) is 4.02. The second kappa shape index (κ2) is 9.10. The molecule has 0 bridgehead atoms. The zero-order chi connectivity index (χ0) is 20.0. The number of furan rings is 2. The molecule has 7 heteroatoms. The van der Waals surface area contributed by atoms with Crippen LogP contribution in [0.3, 0.4) is 0 Å². The molecular weight excluding hydrogens is 344 g/mol. The van der Waals surface area contributed by atoms with Gasteiger partial charge in [0.1, 0.15) is 22.9 Å². The maximum atomic E-state index is 10.9. The number of guanidine groups is 1. The Labute approximate surface area is 161 Å². The Bertz CT molecular complexity index is 733. The van der Waals surface area contributed by atoms with Crippen LogP contribution in [-0.2, 0) is 5.60 Å². The van der Waals surface area contributed by atoms with Crippen LogP contribution in [0.1, 0.15) is 42.7 Å². The first-order chi connectivity index (χ1) is 12.7. The van der Waals surface area contributed by atoms with E-state index in [9.17, 15) is 5.11 Å². The number of hydrogen-bond donors (Lipinski definition) is 3. The van der Waals surface area contributed by atoms with Gasteiger partial charge in [0.05, 0.1) is 18.8 Å². The van der Waals surface area contributed by atoms with Crippen LogP contribution < -0.4 is 10.6 Å². The highest BCUT2D eigenvalue weighted by atomic mass is 16.3. The van der Waals surface area contributed by atoms with E-state index in [4.69, 9.17) is 8.83 Å².